The van der Waals surface area contributed by atoms with Gasteiger partial charge in [-0.05, 0) is 24.3 Å². The molecule has 0 bridgehead atoms. The van der Waals surface area contributed by atoms with Crippen LogP contribution in [0.15, 0.2) is 24.3 Å². The summed E-state index contributed by atoms with van der Waals surface area (Å²) in [5.41, 5.74) is 0.602. The van der Waals surface area contributed by atoms with Gasteiger partial charge in [0.2, 0.25) is 5.91 Å². The lowest BCUT2D eigenvalue weighted by Gasteiger charge is -2.24. The summed E-state index contributed by atoms with van der Waals surface area (Å²) in [5.74, 6) is 0.0516. The lowest BCUT2D eigenvalue weighted by Crippen LogP contribution is -2.35. The van der Waals surface area contributed by atoms with Crippen LogP contribution < -0.4 is 5.32 Å². The molecule has 1 rings (SSSR count). The number of benzene rings is 1. The van der Waals surface area contributed by atoms with Crippen molar-refractivity contribution in [2.75, 3.05) is 13.2 Å². The van der Waals surface area contributed by atoms with E-state index in [0.29, 0.717) is 12.1 Å². The quantitative estimate of drug-likeness (QED) is 0.704. The Balaban J connectivity index is 2.42. The highest BCUT2D eigenvalue weighted by atomic mass is 16.3. The minimum atomic E-state index is -0.0985. The van der Waals surface area contributed by atoms with Crippen LogP contribution in [0.3, 0.4) is 0 Å². The zero-order valence-corrected chi connectivity index (χ0v) is 11.6. The van der Waals surface area contributed by atoms with Gasteiger partial charge in [-0.15, -0.1) is 0 Å². The van der Waals surface area contributed by atoms with Crippen LogP contribution >= 0.6 is 0 Å². The third-order valence-electron chi connectivity index (χ3n) is 3.12. The van der Waals surface area contributed by atoms with Gasteiger partial charge in [-0.2, -0.15) is 0 Å². The number of hydrogen-bond donors (Lipinski definition) is 3. The summed E-state index contributed by atoms with van der Waals surface area (Å²) in [4.78, 5) is 11.8. The van der Waals surface area contributed by atoms with E-state index in [1.54, 1.807) is 24.3 Å². The molecule has 0 radical (unpaired) electrons. The van der Waals surface area contributed by atoms with Crippen molar-refractivity contribution in [3.05, 3.63) is 29.8 Å². The standard InChI is InChI=1S/C15H23NO3/c1-15(2,8-5-9-17)11-16-14(19)10-12-6-3-4-7-13(12)18/h3-4,6-7,17-18H,5,8-11H2,1-2H3,(H,16,19). The van der Waals surface area contributed by atoms with Crippen molar-refractivity contribution in [1.29, 1.82) is 0 Å². The average molecular weight is 265 g/mol. The Morgan fingerprint density at radius 2 is 2.00 bits per heavy atom. The second kappa shape index (κ2) is 7.14. The van der Waals surface area contributed by atoms with Crippen LogP contribution in [0.5, 0.6) is 5.75 Å². The van der Waals surface area contributed by atoms with Crippen molar-refractivity contribution in [3.8, 4) is 5.75 Å². The normalized spacial score (nSPS) is 11.3. The molecule has 1 aromatic rings. The molecule has 4 nitrogen and oxygen atoms in total. The third kappa shape index (κ3) is 5.75. The van der Waals surface area contributed by atoms with Crippen LogP contribution in [0.2, 0.25) is 0 Å². The molecule has 0 aromatic heterocycles. The molecular formula is C15H23NO3. The number of carbonyl (C=O) groups is 1. The number of rotatable bonds is 7. The topological polar surface area (TPSA) is 69.6 Å². The predicted octanol–water partition coefficient (Wildman–Crippen LogP) is 1.85. The minimum Gasteiger partial charge on any atom is -0.508 e. The van der Waals surface area contributed by atoms with Crippen molar-refractivity contribution in [2.45, 2.75) is 33.1 Å². The highest BCUT2D eigenvalue weighted by Gasteiger charge is 2.18. The molecule has 0 aliphatic carbocycles. The smallest absolute Gasteiger partial charge is 0.224 e. The third-order valence-corrected chi connectivity index (χ3v) is 3.12. The monoisotopic (exact) mass is 265 g/mol. The predicted molar refractivity (Wildman–Crippen MR) is 74.9 cm³/mol. The lowest BCUT2D eigenvalue weighted by atomic mass is 9.88. The molecule has 0 aliphatic rings. The van der Waals surface area contributed by atoms with E-state index in [4.69, 9.17) is 5.11 Å². The fourth-order valence-corrected chi connectivity index (χ4v) is 1.88. The Morgan fingerprint density at radius 1 is 1.32 bits per heavy atom. The fourth-order valence-electron chi connectivity index (χ4n) is 1.88. The van der Waals surface area contributed by atoms with E-state index in [0.717, 1.165) is 12.8 Å². The van der Waals surface area contributed by atoms with Gasteiger partial charge >= 0.3 is 0 Å². The van der Waals surface area contributed by atoms with E-state index in [9.17, 15) is 9.90 Å². The number of phenolic OH excluding ortho intramolecular Hbond substituents is 1. The molecular weight excluding hydrogens is 242 g/mol. The molecule has 0 spiro atoms. The van der Waals surface area contributed by atoms with Gasteiger partial charge in [-0.25, -0.2) is 0 Å². The van der Waals surface area contributed by atoms with Crippen LogP contribution in [0, 0.1) is 5.41 Å². The SMILES string of the molecule is CC(C)(CCCO)CNC(=O)Cc1ccccc1O. The van der Waals surface area contributed by atoms with E-state index in [1.807, 2.05) is 0 Å². The van der Waals surface area contributed by atoms with E-state index in [-0.39, 0.29) is 30.1 Å². The first kappa shape index (κ1) is 15.5. The van der Waals surface area contributed by atoms with Crippen molar-refractivity contribution in [1.82, 2.24) is 5.32 Å². The van der Waals surface area contributed by atoms with Crippen molar-refractivity contribution < 1.29 is 15.0 Å². The average Bonchev–Trinajstić information content (AvgIpc) is 2.37. The Morgan fingerprint density at radius 3 is 2.63 bits per heavy atom. The van der Waals surface area contributed by atoms with Gasteiger partial charge < -0.3 is 15.5 Å². The number of para-hydroxylation sites is 1. The molecule has 1 aromatic carbocycles. The second-order valence-corrected chi connectivity index (χ2v) is 5.57. The number of nitrogens with one attached hydrogen (secondary N) is 1. The van der Waals surface area contributed by atoms with Crippen LogP contribution in [0.25, 0.3) is 0 Å². The maximum Gasteiger partial charge on any atom is 0.224 e. The summed E-state index contributed by atoms with van der Waals surface area (Å²) in [5, 5.41) is 21.3. The number of amides is 1. The maximum absolute atomic E-state index is 11.8. The number of aliphatic hydroxyl groups excluding tert-OH is 1. The van der Waals surface area contributed by atoms with E-state index >= 15 is 0 Å². The first-order chi connectivity index (χ1) is 8.94. The molecule has 0 saturated carbocycles. The van der Waals surface area contributed by atoms with Gasteiger partial charge in [-0.1, -0.05) is 32.0 Å². The Bertz CT molecular complexity index is 416. The highest BCUT2D eigenvalue weighted by Crippen LogP contribution is 2.21. The summed E-state index contributed by atoms with van der Waals surface area (Å²) in [6.45, 7) is 4.86. The largest absolute Gasteiger partial charge is 0.508 e. The van der Waals surface area contributed by atoms with E-state index in [1.165, 1.54) is 0 Å². The van der Waals surface area contributed by atoms with Crippen LogP contribution in [0.1, 0.15) is 32.3 Å². The van der Waals surface area contributed by atoms with Crippen LogP contribution in [0.4, 0.5) is 0 Å². The number of phenols is 1. The summed E-state index contributed by atoms with van der Waals surface area (Å²) in [6, 6.07) is 6.85. The summed E-state index contributed by atoms with van der Waals surface area (Å²) in [6.07, 6.45) is 1.78. The molecule has 0 atom stereocenters. The van der Waals surface area contributed by atoms with E-state index in [2.05, 4.69) is 19.2 Å². The Kier molecular flexibility index (Phi) is 5.83. The molecule has 3 N–H and O–H groups in total. The van der Waals surface area contributed by atoms with E-state index < -0.39 is 0 Å². The van der Waals surface area contributed by atoms with Gasteiger partial charge in [0.25, 0.3) is 0 Å². The molecule has 0 aliphatic heterocycles. The number of aromatic hydroxyl groups is 1. The van der Waals surface area contributed by atoms with Crippen molar-refractivity contribution in [3.63, 3.8) is 0 Å². The number of aliphatic hydroxyl groups is 1. The maximum atomic E-state index is 11.8. The van der Waals surface area contributed by atoms with Gasteiger partial charge in [0, 0.05) is 18.7 Å². The first-order valence-corrected chi connectivity index (χ1v) is 6.59. The molecule has 0 fully saturated rings. The van der Waals surface area contributed by atoms with Gasteiger partial charge in [0.05, 0.1) is 6.42 Å². The van der Waals surface area contributed by atoms with Gasteiger partial charge in [-0.3, -0.25) is 4.79 Å². The fraction of sp³-hybridized carbons (Fsp3) is 0.533. The first-order valence-electron chi connectivity index (χ1n) is 6.59. The molecule has 0 unspecified atom stereocenters. The van der Waals surface area contributed by atoms with Crippen molar-refractivity contribution >= 4 is 5.91 Å². The van der Waals surface area contributed by atoms with Gasteiger partial charge in [0.1, 0.15) is 5.75 Å². The summed E-state index contributed by atoms with van der Waals surface area (Å²) in [7, 11) is 0. The van der Waals surface area contributed by atoms with Crippen LogP contribution in [-0.4, -0.2) is 29.3 Å². The molecule has 0 heterocycles. The van der Waals surface area contributed by atoms with Gasteiger partial charge in [0.15, 0.2) is 0 Å². The molecule has 0 saturated heterocycles. The highest BCUT2D eigenvalue weighted by molar-refractivity contribution is 5.79. The summed E-state index contributed by atoms with van der Waals surface area (Å²) < 4.78 is 0. The number of carbonyl (C=O) groups excluding carboxylic acids is 1. The minimum absolute atomic E-state index is 0.0306. The lowest BCUT2D eigenvalue weighted by molar-refractivity contribution is -0.120. The Hall–Kier alpha value is -1.55. The molecule has 106 valence electrons. The second-order valence-electron chi connectivity index (χ2n) is 5.57. The molecule has 1 amide bonds. The molecule has 4 heteroatoms. The van der Waals surface area contributed by atoms with Crippen molar-refractivity contribution in [2.24, 2.45) is 5.41 Å². The summed E-state index contributed by atoms with van der Waals surface area (Å²) >= 11 is 0. The van der Waals surface area contributed by atoms with Crippen LogP contribution in [-0.2, 0) is 11.2 Å². The molecule has 19 heavy (non-hydrogen) atoms. The zero-order valence-electron chi connectivity index (χ0n) is 11.6. The number of hydrogen-bond acceptors (Lipinski definition) is 3. The zero-order chi connectivity index (χ0) is 14.3. The Labute approximate surface area is 114 Å².